The first-order valence-electron chi connectivity index (χ1n) is 21.2. The van der Waals surface area contributed by atoms with Crippen LogP contribution in [0.15, 0.2) is 47.8 Å². The number of aliphatic imine (C=N–C) groups is 1. The van der Waals surface area contributed by atoms with Crippen LogP contribution in [0.1, 0.15) is 97.2 Å². The van der Waals surface area contributed by atoms with E-state index in [2.05, 4.69) is 36.2 Å². The Morgan fingerprint density at radius 1 is 0.817 bits per heavy atom. The highest BCUT2D eigenvalue weighted by atomic mass is 16.5. The Kier molecular flexibility index (Phi) is 24.3. The molecule has 0 saturated carbocycles. The van der Waals surface area contributed by atoms with Gasteiger partial charge in [-0.25, -0.2) is 4.98 Å². The van der Waals surface area contributed by atoms with Crippen LogP contribution in [0.3, 0.4) is 0 Å². The zero-order valence-corrected chi connectivity index (χ0v) is 36.2. The fraction of sp³-hybridized carbons (Fsp3) is 0.628. The average molecular weight is 839 g/mol. The van der Waals surface area contributed by atoms with E-state index in [0.717, 1.165) is 5.56 Å². The molecule has 0 fully saturated rings. The van der Waals surface area contributed by atoms with E-state index in [0.29, 0.717) is 57.5 Å². The van der Waals surface area contributed by atoms with Crippen molar-refractivity contribution in [2.75, 3.05) is 32.8 Å². The number of Topliss-reactive ketones (excluding diaryl/α,β-unsaturated/α-hetero) is 3. The number of ketones is 3. The predicted molar refractivity (Wildman–Crippen MR) is 231 cm³/mol. The maximum atomic E-state index is 14.2. The van der Waals surface area contributed by atoms with Gasteiger partial charge in [-0.3, -0.25) is 33.8 Å². The average Bonchev–Trinajstić information content (AvgIpc) is 3.72. The molecule has 17 nitrogen and oxygen atoms in total. The van der Waals surface area contributed by atoms with Gasteiger partial charge in [-0.05, 0) is 56.6 Å². The van der Waals surface area contributed by atoms with Gasteiger partial charge in [-0.15, -0.1) is 0 Å². The van der Waals surface area contributed by atoms with Crippen molar-refractivity contribution in [2.45, 2.75) is 123 Å². The number of nitrogens with one attached hydrogen (secondary N) is 5. The van der Waals surface area contributed by atoms with Crippen molar-refractivity contribution in [3.05, 3.63) is 54.1 Å². The number of amides is 3. The van der Waals surface area contributed by atoms with Gasteiger partial charge in [0.2, 0.25) is 17.7 Å². The third-order valence-corrected chi connectivity index (χ3v) is 10.0. The summed E-state index contributed by atoms with van der Waals surface area (Å²) in [5.41, 5.74) is 18.3. The van der Waals surface area contributed by atoms with Crippen molar-refractivity contribution in [3.63, 3.8) is 0 Å². The molecule has 0 unspecified atom stereocenters. The number of aromatic amines is 1. The minimum atomic E-state index is -1.01. The minimum absolute atomic E-state index is 0.110. The number of nitrogens with zero attached hydrogens (tertiary/aromatic N) is 2. The van der Waals surface area contributed by atoms with Crippen molar-refractivity contribution in [1.82, 2.24) is 31.2 Å². The number of rotatable bonds is 32. The Morgan fingerprint density at radius 3 is 2.13 bits per heavy atom. The first-order chi connectivity index (χ1) is 28.6. The molecule has 0 spiro atoms. The first kappa shape index (κ1) is 51.1. The van der Waals surface area contributed by atoms with Crippen molar-refractivity contribution in [3.8, 4) is 0 Å². The van der Waals surface area contributed by atoms with Crippen LogP contribution in [-0.4, -0.2) is 108 Å². The second-order valence-corrected chi connectivity index (χ2v) is 15.8. The van der Waals surface area contributed by atoms with E-state index in [-0.39, 0.29) is 80.5 Å². The molecular weight excluding hydrogens is 769 g/mol. The van der Waals surface area contributed by atoms with Crippen LogP contribution in [0, 0.1) is 17.8 Å². The number of imidazole rings is 1. The van der Waals surface area contributed by atoms with E-state index < -0.39 is 47.7 Å². The van der Waals surface area contributed by atoms with E-state index in [1.807, 2.05) is 44.2 Å². The molecule has 0 aliphatic heterocycles. The number of H-pyrrole nitrogens is 1. The summed E-state index contributed by atoms with van der Waals surface area (Å²) in [5, 5.41) is 11.8. The summed E-state index contributed by atoms with van der Waals surface area (Å²) < 4.78 is 5.49. The zero-order chi connectivity index (χ0) is 44.5. The molecule has 0 aliphatic carbocycles. The van der Waals surface area contributed by atoms with Gasteiger partial charge in [0.25, 0.3) is 0 Å². The van der Waals surface area contributed by atoms with Gasteiger partial charge in [0.1, 0.15) is 6.61 Å². The number of unbranched alkanes of at least 4 members (excludes halogenated alkanes) is 1. The predicted octanol–water partition coefficient (Wildman–Crippen LogP) is 1.63. The summed E-state index contributed by atoms with van der Waals surface area (Å²) in [6.07, 6.45) is 5.32. The van der Waals surface area contributed by atoms with Gasteiger partial charge >= 0.3 is 0 Å². The van der Waals surface area contributed by atoms with E-state index in [4.69, 9.17) is 21.9 Å². The smallest absolute Gasteiger partial charge is 0.246 e. The number of guanidine groups is 1. The van der Waals surface area contributed by atoms with Crippen LogP contribution < -0.4 is 38.5 Å². The van der Waals surface area contributed by atoms with Crippen LogP contribution in [0.4, 0.5) is 0 Å². The number of carbonyl (C=O) groups is 6. The lowest BCUT2D eigenvalue weighted by molar-refractivity contribution is -0.136. The first-order valence-corrected chi connectivity index (χ1v) is 21.2. The maximum absolute atomic E-state index is 14.2. The molecule has 17 heteroatoms. The summed E-state index contributed by atoms with van der Waals surface area (Å²) in [7, 11) is 0. The monoisotopic (exact) mass is 839 g/mol. The molecule has 0 bridgehead atoms. The Hall–Kier alpha value is -5.00. The molecule has 60 heavy (non-hydrogen) atoms. The second-order valence-electron chi connectivity index (χ2n) is 15.8. The molecule has 11 N–H and O–H groups in total. The van der Waals surface area contributed by atoms with Crippen molar-refractivity contribution in [2.24, 2.45) is 39.9 Å². The summed E-state index contributed by atoms with van der Waals surface area (Å²) >= 11 is 0. The van der Waals surface area contributed by atoms with Crippen LogP contribution in [-0.2, 0) is 46.3 Å². The molecule has 3 amide bonds. The highest BCUT2D eigenvalue weighted by molar-refractivity contribution is 5.96. The van der Waals surface area contributed by atoms with E-state index in [9.17, 15) is 28.8 Å². The number of carbonyl (C=O) groups excluding carboxylic acids is 6. The highest BCUT2D eigenvalue weighted by Crippen LogP contribution is 2.20. The second kappa shape index (κ2) is 28.5. The summed E-state index contributed by atoms with van der Waals surface area (Å²) in [4.78, 5) is 93.1. The Bertz CT molecular complexity index is 1630. The summed E-state index contributed by atoms with van der Waals surface area (Å²) in [6, 6.07) is 6.93. The van der Waals surface area contributed by atoms with E-state index in [1.165, 1.54) is 6.33 Å². The molecule has 1 heterocycles. The number of aromatic nitrogens is 2. The van der Waals surface area contributed by atoms with Gasteiger partial charge in [-0.1, -0.05) is 65.0 Å². The highest BCUT2D eigenvalue weighted by Gasteiger charge is 2.34. The van der Waals surface area contributed by atoms with Crippen molar-refractivity contribution >= 4 is 41.0 Å². The standard InChI is InChI=1S/C43H70N10O7/c1-6-36(54)35(21-30-13-8-7-9-14-30)52-42(59)32(22-33-25-47-27-50-33)24-38(56)40(28(2)3)53-41(58)31(15-12-18-49-43(45)46)23-37(55)34(16-10-11-17-44)51-39(57)26-60-20-19-48-29(4)5/h7-9,13-14,25,27-29,31-32,34-35,40,48H,6,10-12,15-24,26,44H2,1-5H3,(H,47,50)(H,51,57)(H,52,59)(H,53,58)(H4,45,46,49)/t31-,32-,34+,35+,40+/m1/s1. The Morgan fingerprint density at radius 2 is 1.52 bits per heavy atom. The lowest BCUT2D eigenvalue weighted by atomic mass is 9.87. The molecule has 2 aromatic rings. The van der Waals surface area contributed by atoms with Gasteiger partial charge in [0.05, 0.1) is 37.0 Å². The SMILES string of the molecule is CCC(=O)[C@H](Cc1ccccc1)NC(=O)[C@@H](CC(=O)[C@@H](NC(=O)[C@H](CCCN=C(N)N)CC(=O)[C@H](CCCCN)NC(=O)COCCNC(C)C)C(C)C)Cc1cnc[nH]1. The molecule has 0 aliphatic rings. The third kappa shape index (κ3) is 20.3. The molecule has 2 rings (SSSR count). The molecule has 0 radical (unpaired) electrons. The Balaban J connectivity index is 2.29. The van der Waals surface area contributed by atoms with Crippen molar-refractivity contribution < 1.29 is 33.5 Å². The number of hydrogen-bond acceptors (Lipinski definition) is 11. The summed E-state index contributed by atoms with van der Waals surface area (Å²) in [6.45, 7) is 10.6. The number of benzene rings is 1. The molecule has 1 aromatic carbocycles. The van der Waals surface area contributed by atoms with Crippen LogP contribution in [0.25, 0.3) is 0 Å². The molecule has 0 saturated heterocycles. The molecule has 1 aromatic heterocycles. The van der Waals surface area contributed by atoms with Crippen LogP contribution in [0.5, 0.6) is 0 Å². The number of nitrogens with two attached hydrogens (primary N) is 3. The van der Waals surface area contributed by atoms with Gasteiger partial charge in [0, 0.05) is 62.6 Å². The molecular formula is C43H70N10O7. The molecule has 334 valence electrons. The Labute approximate surface area is 355 Å². The number of ether oxygens (including phenoxy) is 1. The quantitative estimate of drug-likeness (QED) is 0.0297. The number of hydrogen-bond donors (Lipinski definition) is 8. The lowest BCUT2D eigenvalue weighted by Gasteiger charge is -2.27. The fourth-order valence-electron chi connectivity index (χ4n) is 6.69. The van der Waals surface area contributed by atoms with Gasteiger partial charge in [0.15, 0.2) is 23.3 Å². The van der Waals surface area contributed by atoms with E-state index >= 15 is 0 Å². The topological polar surface area (TPSA) is 279 Å². The van der Waals surface area contributed by atoms with Crippen LogP contribution in [0.2, 0.25) is 0 Å². The fourth-order valence-corrected chi connectivity index (χ4v) is 6.69. The maximum Gasteiger partial charge on any atom is 0.246 e. The largest absolute Gasteiger partial charge is 0.370 e. The normalized spacial score (nSPS) is 13.8. The lowest BCUT2D eigenvalue weighted by Crippen LogP contribution is -2.50. The summed E-state index contributed by atoms with van der Waals surface area (Å²) in [5.74, 6) is -4.62. The zero-order valence-electron chi connectivity index (χ0n) is 36.2. The van der Waals surface area contributed by atoms with Crippen molar-refractivity contribution in [1.29, 1.82) is 0 Å². The van der Waals surface area contributed by atoms with Gasteiger partial charge < -0.3 is 48.2 Å². The minimum Gasteiger partial charge on any atom is -0.370 e. The van der Waals surface area contributed by atoms with Gasteiger partial charge in [-0.2, -0.15) is 0 Å². The molecule has 5 atom stereocenters. The third-order valence-electron chi connectivity index (χ3n) is 10.0. The van der Waals surface area contributed by atoms with E-state index in [1.54, 1.807) is 27.0 Å². The van der Waals surface area contributed by atoms with Crippen LogP contribution >= 0.6 is 0 Å².